The molecule has 2 atom stereocenters. The lowest BCUT2D eigenvalue weighted by atomic mass is 9.64. The van der Waals surface area contributed by atoms with Gasteiger partial charge in [0.2, 0.25) is 0 Å². The van der Waals surface area contributed by atoms with Crippen LogP contribution in [-0.4, -0.2) is 11.9 Å². The van der Waals surface area contributed by atoms with E-state index in [0.717, 1.165) is 12.8 Å². The number of carbonyl (C=O) groups is 2. The molecule has 1 fully saturated rings. The molecular formula is C15H24O4-2. The second kappa shape index (κ2) is 6.92. The van der Waals surface area contributed by atoms with E-state index in [9.17, 15) is 19.8 Å². The topological polar surface area (TPSA) is 80.3 Å². The third-order valence-corrected chi connectivity index (χ3v) is 4.90. The van der Waals surface area contributed by atoms with Crippen molar-refractivity contribution in [3.63, 3.8) is 0 Å². The summed E-state index contributed by atoms with van der Waals surface area (Å²) in [5, 5.41) is 21.6. The van der Waals surface area contributed by atoms with E-state index in [4.69, 9.17) is 0 Å². The van der Waals surface area contributed by atoms with Crippen LogP contribution in [0.5, 0.6) is 0 Å². The zero-order valence-electron chi connectivity index (χ0n) is 11.9. The first-order valence-corrected chi connectivity index (χ1v) is 7.25. The van der Waals surface area contributed by atoms with Crippen molar-refractivity contribution < 1.29 is 19.8 Å². The Morgan fingerprint density at radius 1 is 1.16 bits per heavy atom. The molecule has 110 valence electrons. The number of aliphatic carboxylic acids is 2. The molecule has 0 heterocycles. The summed E-state index contributed by atoms with van der Waals surface area (Å²) in [7, 11) is 0. The van der Waals surface area contributed by atoms with Crippen LogP contribution in [0.3, 0.4) is 0 Å². The van der Waals surface area contributed by atoms with E-state index in [-0.39, 0.29) is 18.8 Å². The van der Waals surface area contributed by atoms with E-state index in [1.807, 2.05) is 6.92 Å². The van der Waals surface area contributed by atoms with Crippen LogP contribution in [0.25, 0.3) is 0 Å². The van der Waals surface area contributed by atoms with Crippen molar-refractivity contribution in [1.29, 1.82) is 0 Å². The molecular weight excluding hydrogens is 244 g/mol. The van der Waals surface area contributed by atoms with Crippen LogP contribution in [0.4, 0.5) is 0 Å². The quantitative estimate of drug-likeness (QED) is 0.686. The summed E-state index contributed by atoms with van der Waals surface area (Å²) >= 11 is 0. The molecule has 19 heavy (non-hydrogen) atoms. The van der Waals surface area contributed by atoms with Crippen LogP contribution in [0.1, 0.15) is 65.2 Å². The molecule has 1 saturated carbocycles. The zero-order valence-corrected chi connectivity index (χ0v) is 11.9. The molecule has 0 radical (unpaired) electrons. The molecule has 4 nitrogen and oxygen atoms in total. The summed E-state index contributed by atoms with van der Waals surface area (Å²) in [6.45, 7) is 3.94. The van der Waals surface area contributed by atoms with Gasteiger partial charge in [0, 0.05) is 11.9 Å². The molecule has 0 saturated heterocycles. The molecule has 0 aliphatic heterocycles. The van der Waals surface area contributed by atoms with E-state index in [0.29, 0.717) is 12.3 Å². The highest BCUT2D eigenvalue weighted by Crippen LogP contribution is 2.44. The van der Waals surface area contributed by atoms with Crippen LogP contribution < -0.4 is 10.2 Å². The van der Waals surface area contributed by atoms with Crippen molar-refractivity contribution in [2.24, 2.45) is 17.3 Å². The molecule has 0 bridgehead atoms. The lowest BCUT2D eigenvalue weighted by Gasteiger charge is -2.42. The Kier molecular flexibility index (Phi) is 5.83. The fourth-order valence-electron chi connectivity index (χ4n) is 3.40. The molecule has 0 unspecified atom stereocenters. The number of carbonyl (C=O) groups excluding carboxylic acids is 2. The second-order valence-electron chi connectivity index (χ2n) is 6.26. The minimum atomic E-state index is -1.11. The van der Waals surface area contributed by atoms with Crippen LogP contribution >= 0.6 is 0 Å². The Bertz CT molecular complexity index is 320. The van der Waals surface area contributed by atoms with Gasteiger partial charge in [-0.15, -0.1) is 0 Å². The summed E-state index contributed by atoms with van der Waals surface area (Å²) in [6, 6.07) is 0. The standard InChI is InChI=1S/C15H26O4/c1-11(12-6-4-3-5-7-12)15(2,10-14(18)19)9-8-13(16)17/h11-12H,3-10H2,1-2H3,(H,16,17)(H,18,19)/p-2/t11-,15+/m1/s1. The van der Waals surface area contributed by atoms with Gasteiger partial charge in [0.25, 0.3) is 0 Å². The molecule has 0 amide bonds. The lowest BCUT2D eigenvalue weighted by molar-refractivity contribution is -0.311. The number of hydrogen-bond acceptors (Lipinski definition) is 4. The average molecular weight is 268 g/mol. The summed E-state index contributed by atoms with van der Waals surface area (Å²) in [6.07, 6.45) is 6.07. The fraction of sp³-hybridized carbons (Fsp3) is 0.867. The lowest BCUT2D eigenvalue weighted by Crippen LogP contribution is -2.39. The summed E-state index contributed by atoms with van der Waals surface area (Å²) in [5.74, 6) is -1.51. The van der Waals surface area contributed by atoms with Crippen LogP contribution in [-0.2, 0) is 9.59 Å². The van der Waals surface area contributed by atoms with E-state index in [2.05, 4.69) is 6.92 Å². The summed E-state index contributed by atoms with van der Waals surface area (Å²) in [4.78, 5) is 21.6. The third kappa shape index (κ3) is 4.84. The average Bonchev–Trinajstić information content (AvgIpc) is 2.36. The minimum Gasteiger partial charge on any atom is -0.550 e. The van der Waals surface area contributed by atoms with Gasteiger partial charge in [-0.1, -0.05) is 46.0 Å². The molecule has 0 N–H and O–H groups in total. The van der Waals surface area contributed by atoms with Gasteiger partial charge in [-0.05, 0) is 36.5 Å². The molecule has 1 rings (SSSR count). The van der Waals surface area contributed by atoms with Gasteiger partial charge >= 0.3 is 0 Å². The van der Waals surface area contributed by atoms with Gasteiger partial charge in [-0.2, -0.15) is 0 Å². The summed E-state index contributed by atoms with van der Waals surface area (Å²) in [5.41, 5.74) is -0.513. The number of hydrogen-bond donors (Lipinski definition) is 0. The molecule has 1 aliphatic carbocycles. The Hall–Kier alpha value is -1.06. The fourth-order valence-corrected chi connectivity index (χ4v) is 3.40. The number of carboxylic acids is 2. The smallest absolute Gasteiger partial charge is 0.0419 e. The predicted octanol–water partition coefficient (Wildman–Crippen LogP) is 0.879. The predicted molar refractivity (Wildman–Crippen MR) is 67.7 cm³/mol. The zero-order chi connectivity index (χ0) is 14.5. The van der Waals surface area contributed by atoms with Crippen LogP contribution in [0, 0.1) is 17.3 Å². The Labute approximate surface area is 115 Å². The maximum atomic E-state index is 11.0. The van der Waals surface area contributed by atoms with Crippen molar-refractivity contribution in [3.8, 4) is 0 Å². The second-order valence-corrected chi connectivity index (χ2v) is 6.26. The SMILES string of the molecule is C[C@H](C1CCCCC1)[C@@](C)(CCC(=O)[O-])CC(=O)[O-]. The molecule has 0 aromatic heterocycles. The Balaban J connectivity index is 2.74. The van der Waals surface area contributed by atoms with E-state index >= 15 is 0 Å². The van der Waals surface area contributed by atoms with Crippen LogP contribution in [0.2, 0.25) is 0 Å². The van der Waals surface area contributed by atoms with Crippen molar-refractivity contribution in [2.45, 2.75) is 65.2 Å². The van der Waals surface area contributed by atoms with Gasteiger partial charge in [-0.3, -0.25) is 0 Å². The normalized spacial score (nSPS) is 21.6. The first-order valence-electron chi connectivity index (χ1n) is 7.25. The van der Waals surface area contributed by atoms with E-state index in [1.165, 1.54) is 19.3 Å². The molecule has 4 heteroatoms. The molecule has 0 aromatic carbocycles. The largest absolute Gasteiger partial charge is 0.550 e. The summed E-state index contributed by atoms with van der Waals surface area (Å²) < 4.78 is 0. The highest BCUT2D eigenvalue weighted by atomic mass is 16.4. The van der Waals surface area contributed by atoms with Crippen molar-refractivity contribution in [3.05, 3.63) is 0 Å². The first-order chi connectivity index (χ1) is 8.85. The van der Waals surface area contributed by atoms with Crippen LogP contribution in [0.15, 0.2) is 0 Å². The molecule has 1 aliphatic rings. The monoisotopic (exact) mass is 268 g/mol. The molecule has 0 aromatic rings. The van der Waals surface area contributed by atoms with Crippen molar-refractivity contribution in [2.75, 3.05) is 0 Å². The Morgan fingerprint density at radius 2 is 1.74 bits per heavy atom. The number of carboxylic acid groups (broad SMARTS) is 2. The van der Waals surface area contributed by atoms with Crippen molar-refractivity contribution >= 4 is 11.9 Å². The Morgan fingerprint density at radius 3 is 2.21 bits per heavy atom. The highest BCUT2D eigenvalue weighted by molar-refractivity contribution is 5.66. The van der Waals surface area contributed by atoms with E-state index < -0.39 is 17.4 Å². The van der Waals surface area contributed by atoms with Gasteiger partial charge in [0.15, 0.2) is 0 Å². The van der Waals surface area contributed by atoms with Gasteiger partial charge in [-0.25, -0.2) is 0 Å². The third-order valence-electron chi connectivity index (χ3n) is 4.90. The first kappa shape index (κ1) is 16.0. The minimum absolute atomic E-state index is 0.0715. The van der Waals surface area contributed by atoms with Gasteiger partial charge in [0.1, 0.15) is 0 Å². The van der Waals surface area contributed by atoms with Gasteiger partial charge < -0.3 is 19.8 Å². The number of rotatable bonds is 7. The van der Waals surface area contributed by atoms with Crippen molar-refractivity contribution in [1.82, 2.24) is 0 Å². The van der Waals surface area contributed by atoms with E-state index in [1.54, 1.807) is 0 Å². The molecule has 0 spiro atoms. The maximum absolute atomic E-state index is 11.0. The van der Waals surface area contributed by atoms with Gasteiger partial charge in [0.05, 0.1) is 0 Å². The highest BCUT2D eigenvalue weighted by Gasteiger charge is 2.36. The maximum Gasteiger partial charge on any atom is 0.0419 e.